The third-order valence-electron chi connectivity index (χ3n) is 11.5. The van der Waals surface area contributed by atoms with Crippen LogP contribution in [0.5, 0.6) is 0 Å². The predicted octanol–water partition coefficient (Wildman–Crippen LogP) is 4.34. The van der Waals surface area contributed by atoms with Crippen LogP contribution in [0, 0.1) is 16.7 Å². The van der Waals surface area contributed by atoms with E-state index >= 15 is 0 Å². The number of aliphatic hydroxyl groups is 3. The minimum atomic E-state index is -1.99. The van der Waals surface area contributed by atoms with Crippen LogP contribution in [-0.4, -0.2) is 93.0 Å². The minimum absolute atomic E-state index is 0.105. The lowest BCUT2D eigenvalue weighted by Gasteiger charge is -2.65. The summed E-state index contributed by atoms with van der Waals surface area (Å²) in [7, 11) is 0. The van der Waals surface area contributed by atoms with Crippen molar-refractivity contribution in [2.24, 2.45) is 16.7 Å². The van der Waals surface area contributed by atoms with Gasteiger partial charge in [0.2, 0.25) is 0 Å². The van der Waals surface area contributed by atoms with Crippen LogP contribution in [0.2, 0.25) is 0 Å². The summed E-state index contributed by atoms with van der Waals surface area (Å²) in [5, 5.41) is 39.1. The molecule has 12 heteroatoms. The second-order valence-electron chi connectivity index (χ2n) is 16.7. The number of allylic oxidation sites excluding steroid dienone is 1. The second kappa shape index (κ2) is 13.4. The van der Waals surface area contributed by atoms with E-state index in [1.807, 2.05) is 0 Å². The van der Waals surface area contributed by atoms with Gasteiger partial charge in [0, 0.05) is 29.6 Å². The maximum Gasteiger partial charge on any atom is 0.408 e. The maximum atomic E-state index is 14.5. The van der Waals surface area contributed by atoms with E-state index in [4.69, 9.17) is 18.9 Å². The molecule has 2 bridgehead atoms. The van der Waals surface area contributed by atoms with Crippen LogP contribution >= 0.6 is 0 Å². The molecule has 0 spiro atoms. The van der Waals surface area contributed by atoms with Crippen LogP contribution in [0.15, 0.2) is 53.1 Å². The number of hydrogen-bond donors (Lipinski definition) is 4. The van der Waals surface area contributed by atoms with E-state index in [1.54, 1.807) is 92.6 Å². The number of alkyl carbamates (subject to hydrolysis) is 1. The van der Waals surface area contributed by atoms with Crippen molar-refractivity contribution in [3.63, 3.8) is 0 Å². The van der Waals surface area contributed by atoms with Gasteiger partial charge in [-0.2, -0.15) is 0 Å². The van der Waals surface area contributed by atoms with Crippen molar-refractivity contribution >= 4 is 23.8 Å². The topological polar surface area (TPSA) is 178 Å². The third-order valence-corrected chi connectivity index (χ3v) is 11.5. The molecule has 9 atom stereocenters. The van der Waals surface area contributed by atoms with Crippen molar-refractivity contribution in [2.45, 2.75) is 135 Å². The average Bonchev–Trinajstić information content (AvgIpc) is 3.02. The van der Waals surface area contributed by atoms with Crippen LogP contribution in [0.3, 0.4) is 0 Å². The molecule has 2 saturated carbocycles. The van der Waals surface area contributed by atoms with Crippen molar-refractivity contribution in [2.75, 3.05) is 6.61 Å². The Labute approximate surface area is 299 Å². The number of aliphatic hydroxyl groups excluding tert-OH is 1. The SMILES string of the molecule is CC(C)=C[C@H](NC(=O)OC(C)(C)C)[C@@H](O)C(=O)OC1C[C@@]2(O)[C@@H](OC(=O)c3ccccc3)[C@@H]3[C@]4(O)CO[C@@H]4CC[C@@]3(C)C(=O)CC(=C1C)C2(C)C. The summed E-state index contributed by atoms with van der Waals surface area (Å²) in [6.45, 7) is 15.4. The monoisotopic (exact) mass is 711 g/mol. The smallest absolute Gasteiger partial charge is 0.408 e. The number of amides is 1. The predicted molar refractivity (Wildman–Crippen MR) is 185 cm³/mol. The summed E-state index contributed by atoms with van der Waals surface area (Å²) in [6, 6.07) is 7.04. The average molecular weight is 712 g/mol. The lowest BCUT2D eigenvalue weighted by Crippen LogP contribution is -2.77. The van der Waals surface area contributed by atoms with Gasteiger partial charge in [-0.3, -0.25) is 4.79 Å². The van der Waals surface area contributed by atoms with Gasteiger partial charge in [0.15, 0.2) is 6.10 Å². The first kappa shape index (κ1) is 38.6. The number of ketones is 1. The molecule has 51 heavy (non-hydrogen) atoms. The largest absolute Gasteiger partial charge is 0.456 e. The molecule has 1 amide bonds. The van der Waals surface area contributed by atoms with Gasteiger partial charge in [-0.25, -0.2) is 14.4 Å². The summed E-state index contributed by atoms with van der Waals surface area (Å²) in [5.41, 5.74) is -4.87. The molecule has 5 rings (SSSR count). The van der Waals surface area contributed by atoms with Gasteiger partial charge in [-0.1, -0.05) is 56.2 Å². The second-order valence-corrected chi connectivity index (χ2v) is 16.7. The highest BCUT2D eigenvalue weighted by Crippen LogP contribution is 2.63. The molecule has 12 nitrogen and oxygen atoms in total. The van der Waals surface area contributed by atoms with Gasteiger partial charge < -0.3 is 39.6 Å². The van der Waals surface area contributed by atoms with Crippen LogP contribution in [0.1, 0.15) is 98.4 Å². The molecule has 4 aliphatic rings. The van der Waals surface area contributed by atoms with Crippen molar-refractivity contribution in [3.05, 3.63) is 58.7 Å². The van der Waals surface area contributed by atoms with E-state index in [1.165, 1.54) is 6.08 Å². The van der Waals surface area contributed by atoms with Gasteiger partial charge in [0.1, 0.15) is 34.8 Å². The molecule has 3 aliphatic carbocycles. The molecule has 1 aromatic rings. The molecular weight excluding hydrogens is 658 g/mol. The molecule has 1 unspecified atom stereocenters. The lowest BCUT2D eigenvalue weighted by molar-refractivity contribution is -0.328. The number of Topliss-reactive ketones (excluding diaryl/α,β-unsaturated/α-hetero) is 1. The van der Waals surface area contributed by atoms with Crippen LogP contribution < -0.4 is 5.32 Å². The summed E-state index contributed by atoms with van der Waals surface area (Å²) in [4.78, 5) is 54.7. The number of esters is 2. The first-order valence-corrected chi connectivity index (χ1v) is 17.6. The minimum Gasteiger partial charge on any atom is -0.456 e. The summed E-state index contributed by atoms with van der Waals surface area (Å²) >= 11 is 0. The fourth-order valence-corrected chi connectivity index (χ4v) is 8.58. The summed E-state index contributed by atoms with van der Waals surface area (Å²) in [5.74, 6) is -3.10. The normalized spacial score (nSPS) is 33.8. The Balaban J connectivity index is 1.57. The van der Waals surface area contributed by atoms with E-state index in [0.717, 1.165) is 0 Å². The molecule has 280 valence electrons. The first-order valence-electron chi connectivity index (χ1n) is 17.6. The summed E-state index contributed by atoms with van der Waals surface area (Å²) in [6.07, 6.45) is -4.10. The van der Waals surface area contributed by atoms with E-state index < -0.39 is 82.0 Å². The highest BCUT2D eigenvalue weighted by Gasteiger charge is 2.73. The Morgan fingerprint density at radius 2 is 1.71 bits per heavy atom. The molecule has 0 aromatic heterocycles. The number of carbonyl (C=O) groups excluding carboxylic acids is 4. The van der Waals surface area contributed by atoms with Crippen LogP contribution in [-0.2, 0) is 28.5 Å². The Hall–Kier alpha value is -3.58. The molecule has 4 N–H and O–H groups in total. The highest BCUT2D eigenvalue weighted by molar-refractivity contribution is 5.91. The zero-order valence-corrected chi connectivity index (χ0v) is 31.1. The van der Waals surface area contributed by atoms with E-state index in [2.05, 4.69) is 5.32 Å². The van der Waals surface area contributed by atoms with Gasteiger partial charge >= 0.3 is 18.0 Å². The Morgan fingerprint density at radius 1 is 1.06 bits per heavy atom. The van der Waals surface area contributed by atoms with E-state index in [9.17, 15) is 34.5 Å². The Bertz CT molecular complexity index is 1620. The van der Waals surface area contributed by atoms with Crippen molar-refractivity contribution < 1.29 is 53.4 Å². The number of fused-ring (bicyclic) bond motifs is 5. The molecule has 1 aliphatic heterocycles. The van der Waals surface area contributed by atoms with Gasteiger partial charge in [0.25, 0.3) is 0 Å². The summed E-state index contributed by atoms with van der Waals surface area (Å²) < 4.78 is 23.3. The molecule has 3 fully saturated rings. The Kier molecular flexibility index (Phi) is 10.2. The Morgan fingerprint density at radius 3 is 2.27 bits per heavy atom. The fraction of sp³-hybridized carbons (Fsp3) is 0.641. The van der Waals surface area contributed by atoms with Gasteiger partial charge in [0.05, 0.1) is 24.3 Å². The molecule has 1 aromatic carbocycles. The number of rotatable bonds is 7. The highest BCUT2D eigenvalue weighted by atomic mass is 16.6. The fourth-order valence-electron chi connectivity index (χ4n) is 8.58. The molecular formula is C39H53NO11. The van der Waals surface area contributed by atoms with Gasteiger partial charge in [-0.05, 0) is 72.1 Å². The van der Waals surface area contributed by atoms with E-state index in [-0.39, 0.29) is 30.8 Å². The van der Waals surface area contributed by atoms with Crippen molar-refractivity contribution in [1.29, 1.82) is 0 Å². The number of benzene rings is 1. The quantitative estimate of drug-likeness (QED) is 0.180. The van der Waals surface area contributed by atoms with Gasteiger partial charge in [-0.15, -0.1) is 0 Å². The number of hydrogen-bond acceptors (Lipinski definition) is 11. The lowest BCUT2D eigenvalue weighted by atomic mass is 9.46. The van der Waals surface area contributed by atoms with Crippen molar-refractivity contribution in [1.82, 2.24) is 5.32 Å². The zero-order chi connectivity index (χ0) is 37.9. The number of nitrogens with one attached hydrogen (secondary N) is 1. The molecule has 1 saturated heterocycles. The first-order chi connectivity index (χ1) is 23.5. The number of ether oxygens (including phenoxy) is 4. The molecule has 1 heterocycles. The third kappa shape index (κ3) is 6.88. The van der Waals surface area contributed by atoms with E-state index in [0.29, 0.717) is 29.6 Å². The number of carbonyl (C=O) groups is 4. The zero-order valence-electron chi connectivity index (χ0n) is 31.1. The standard InChI is InChI=1S/C39H53NO11/c1-21(2)17-25(40-34(45)51-35(4,5)6)29(42)33(44)49-26-19-39(47)31(50-32(43)23-13-11-10-12-14-23)30-37(9,16-15-28-38(30,46)20-48-28)27(41)18-24(22(26)3)36(39,7)8/h10-14,17,25-26,28-31,42,46-47H,15-16,18-20H2,1-9H3,(H,40,45)/t25-,26?,28+,29+,30-,31-,37-,38-,39+/m0/s1. The van der Waals surface area contributed by atoms with Crippen LogP contribution in [0.25, 0.3) is 0 Å². The maximum absolute atomic E-state index is 14.5. The molecule has 0 radical (unpaired) electrons. The van der Waals surface area contributed by atoms with Crippen LogP contribution in [0.4, 0.5) is 4.79 Å². The van der Waals surface area contributed by atoms with Crippen molar-refractivity contribution in [3.8, 4) is 0 Å².